The van der Waals surface area contributed by atoms with Crippen LogP contribution in [0, 0.1) is 6.92 Å². The minimum absolute atomic E-state index is 0.000160. The Labute approximate surface area is 136 Å². The summed E-state index contributed by atoms with van der Waals surface area (Å²) < 4.78 is 0. The molecule has 3 rings (SSSR count). The van der Waals surface area contributed by atoms with E-state index < -0.39 is 0 Å². The summed E-state index contributed by atoms with van der Waals surface area (Å²) in [5.74, 6) is 1.27. The van der Waals surface area contributed by atoms with Crippen LogP contribution in [0.5, 0.6) is 0 Å². The van der Waals surface area contributed by atoms with E-state index in [1.54, 1.807) is 6.07 Å². The topological polar surface area (TPSA) is 58.1 Å². The first-order valence-electron chi connectivity index (χ1n) is 8.17. The van der Waals surface area contributed by atoms with Crippen LogP contribution in [0.25, 0.3) is 0 Å². The van der Waals surface area contributed by atoms with Gasteiger partial charge >= 0.3 is 0 Å². The average Bonchev–Trinajstić information content (AvgIpc) is 3.08. The Morgan fingerprint density at radius 3 is 2.70 bits per heavy atom. The van der Waals surface area contributed by atoms with Gasteiger partial charge in [0.25, 0.3) is 5.91 Å². The molecule has 1 aliphatic rings. The zero-order chi connectivity index (χ0) is 16.2. The summed E-state index contributed by atoms with van der Waals surface area (Å²) in [6.07, 6.45) is 3.09. The number of hydrogen-bond donors (Lipinski definition) is 1. The zero-order valence-electron chi connectivity index (χ0n) is 13.7. The molecule has 5 heteroatoms. The summed E-state index contributed by atoms with van der Waals surface area (Å²) in [6, 6.07) is 9.88. The second kappa shape index (κ2) is 6.77. The molecule has 1 aromatic heterocycles. The van der Waals surface area contributed by atoms with Crippen molar-refractivity contribution in [2.45, 2.75) is 33.1 Å². The lowest BCUT2D eigenvalue weighted by molar-refractivity contribution is 0.0786. The van der Waals surface area contributed by atoms with Gasteiger partial charge in [-0.25, -0.2) is 9.97 Å². The van der Waals surface area contributed by atoms with Crippen LogP contribution in [0.3, 0.4) is 0 Å². The van der Waals surface area contributed by atoms with Gasteiger partial charge in [0.2, 0.25) is 0 Å². The molecular formula is C18H22N4O. The van der Waals surface area contributed by atoms with Crippen molar-refractivity contribution in [3.05, 3.63) is 47.4 Å². The fourth-order valence-electron chi connectivity index (χ4n) is 2.91. The van der Waals surface area contributed by atoms with E-state index in [0.29, 0.717) is 17.3 Å². The molecule has 1 saturated heterocycles. The number of aromatic nitrogens is 2. The number of likely N-dealkylation sites (tertiary alicyclic amines) is 1. The van der Waals surface area contributed by atoms with Gasteiger partial charge in [-0.05, 0) is 37.8 Å². The van der Waals surface area contributed by atoms with Crippen LogP contribution >= 0.6 is 0 Å². The predicted octanol–water partition coefficient (Wildman–Crippen LogP) is 3.33. The summed E-state index contributed by atoms with van der Waals surface area (Å²) >= 11 is 0. The minimum Gasteiger partial charge on any atom is -0.340 e. The number of aryl methyl sites for hydroxylation is 2. The normalized spacial score (nSPS) is 14.1. The number of para-hydroxylation sites is 1. The molecule has 1 aromatic carbocycles. The molecule has 0 radical (unpaired) electrons. The highest BCUT2D eigenvalue weighted by Crippen LogP contribution is 2.21. The number of anilines is 2. The first-order valence-corrected chi connectivity index (χ1v) is 8.17. The van der Waals surface area contributed by atoms with Crippen molar-refractivity contribution in [3.8, 4) is 0 Å². The standard InChI is InChI=1S/C18H22N4O/c1-3-14-8-4-5-9-15(14)21-17-12-16(19-13(2)20-17)18(23)22-10-6-7-11-22/h4-5,8-9,12H,3,6-7,10-11H2,1-2H3,(H,19,20,21). The number of rotatable bonds is 4. The zero-order valence-corrected chi connectivity index (χ0v) is 13.7. The molecule has 0 bridgehead atoms. The highest BCUT2D eigenvalue weighted by atomic mass is 16.2. The third-order valence-electron chi connectivity index (χ3n) is 4.11. The molecule has 0 aliphatic carbocycles. The van der Waals surface area contributed by atoms with E-state index in [-0.39, 0.29) is 5.91 Å². The van der Waals surface area contributed by atoms with Crippen LogP contribution in [-0.4, -0.2) is 33.9 Å². The van der Waals surface area contributed by atoms with Crippen molar-refractivity contribution in [2.75, 3.05) is 18.4 Å². The maximum atomic E-state index is 12.5. The lowest BCUT2D eigenvalue weighted by Crippen LogP contribution is -2.28. The Morgan fingerprint density at radius 2 is 1.96 bits per heavy atom. The lowest BCUT2D eigenvalue weighted by atomic mass is 10.1. The summed E-state index contributed by atoms with van der Waals surface area (Å²) in [4.78, 5) is 23.1. The second-order valence-electron chi connectivity index (χ2n) is 5.82. The molecule has 0 saturated carbocycles. The summed E-state index contributed by atoms with van der Waals surface area (Å²) in [6.45, 7) is 5.58. The summed E-state index contributed by atoms with van der Waals surface area (Å²) in [5.41, 5.74) is 2.71. The molecule has 0 unspecified atom stereocenters. The van der Waals surface area contributed by atoms with Gasteiger partial charge in [-0.1, -0.05) is 25.1 Å². The van der Waals surface area contributed by atoms with Crippen molar-refractivity contribution in [2.24, 2.45) is 0 Å². The van der Waals surface area contributed by atoms with E-state index in [4.69, 9.17) is 0 Å². The lowest BCUT2D eigenvalue weighted by Gasteiger charge is -2.16. The van der Waals surface area contributed by atoms with E-state index in [1.807, 2.05) is 30.0 Å². The molecule has 1 fully saturated rings. The fraction of sp³-hybridized carbons (Fsp3) is 0.389. The van der Waals surface area contributed by atoms with Crippen molar-refractivity contribution in [1.82, 2.24) is 14.9 Å². The van der Waals surface area contributed by atoms with Crippen molar-refractivity contribution in [1.29, 1.82) is 0 Å². The molecule has 0 spiro atoms. The molecular weight excluding hydrogens is 288 g/mol. The number of benzene rings is 1. The van der Waals surface area contributed by atoms with Crippen LogP contribution in [0.2, 0.25) is 0 Å². The Kier molecular flexibility index (Phi) is 4.55. The Hall–Kier alpha value is -2.43. The SMILES string of the molecule is CCc1ccccc1Nc1cc(C(=O)N2CCCC2)nc(C)n1. The number of amides is 1. The number of nitrogens with zero attached hydrogens (tertiary/aromatic N) is 3. The van der Waals surface area contributed by atoms with E-state index in [1.165, 1.54) is 5.56 Å². The van der Waals surface area contributed by atoms with Crippen molar-refractivity contribution < 1.29 is 4.79 Å². The van der Waals surface area contributed by atoms with Crippen molar-refractivity contribution >= 4 is 17.4 Å². The quantitative estimate of drug-likeness (QED) is 0.941. The molecule has 2 aromatic rings. The van der Waals surface area contributed by atoms with Crippen LogP contribution in [0.4, 0.5) is 11.5 Å². The van der Waals surface area contributed by atoms with Gasteiger partial charge in [0, 0.05) is 24.8 Å². The first kappa shape index (κ1) is 15.5. The second-order valence-corrected chi connectivity index (χ2v) is 5.82. The van der Waals surface area contributed by atoms with Gasteiger partial charge in [0.1, 0.15) is 17.3 Å². The molecule has 23 heavy (non-hydrogen) atoms. The van der Waals surface area contributed by atoms with Crippen LogP contribution < -0.4 is 5.32 Å². The molecule has 1 amide bonds. The van der Waals surface area contributed by atoms with Gasteiger partial charge in [0.05, 0.1) is 0 Å². The highest BCUT2D eigenvalue weighted by Gasteiger charge is 2.21. The third kappa shape index (κ3) is 3.50. The van der Waals surface area contributed by atoms with Gasteiger partial charge in [0.15, 0.2) is 0 Å². The van der Waals surface area contributed by atoms with E-state index >= 15 is 0 Å². The Balaban J connectivity index is 1.87. The average molecular weight is 310 g/mol. The summed E-state index contributed by atoms with van der Waals surface area (Å²) in [5, 5.41) is 3.33. The number of hydrogen-bond acceptors (Lipinski definition) is 4. The summed E-state index contributed by atoms with van der Waals surface area (Å²) in [7, 11) is 0. The van der Waals surface area contributed by atoms with Gasteiger partial charge in [-0.3, -0.25) is 4.79 Å². The smallest absolute Gasteiger partial charge is 0.272 e. The maximum absolute atomic E-state index is 12.5. The van der Waals surface area contributed by atoms with E-state index in [9.17, 15) is 4.79 Å². The van der Waals surface area contributed by atoms with Crippen LogP contribution in [-0.2, 0) is 6.42 Å². The first-order chi connectivity index (χ1) is 11.2. The van der Waals surface area contributed by atoms with Crippen LogP contribution in [0.1, 0.15) is 41.6 Å². The van der Waals surface area contributed by atoms with Gasteiger partial charge < -0.3 is 10.2 Å². The Bertz CT molecular complexity index is 708. The maximum Gasteiger partial charge on any atom is 0.272 e. The molecule has 5 nitrogen and oxygen atoms in total. The van der Waals surface area contributed by atoms with Gasteiger partial charge in [-0.15, -0.1) is 0 Å². The monoisotopic (exact) mass is 310 g/mol. The predicted molar refractivity (Wildman–Crippen MR) is 91.0 cm³/mol. The van der Waals surface area contributed by atoms with Crippen molar-refractivity contribution in [3.63, 3.8) is 0 Å². The third-order valence-corrected chi connectivity index (χ3v) is 4.11. The molecule has 2 heterocycles. The molecule has 1 N–H and O–H groups in total. The largest absolute Gasteiger partial charge is 0.340 e. The van der Waals surface area contributed by atoms with E-state index in [0.717, 1.165) is 38.0 Å². The molecule has 120 valence electrons. The number of carbonyl (C=O) groups is 1. The highest BCUT2D eigenvalue weighted by molar-refractivity contribution is 5.93. The van der Waals surface area contributed by atoms with Gasteiger partial charge in [-0.2, -0.15) is 0 Å². The fourth-order valence-corrected chi connectivity index (χ4v) is 2.91. The number of carbonyl (C=O) groups excluding carboxylic acids is 1. The van der Waals surface area contributed by atoms with Crippen LogP contribution in [0.15, 0.2) is 30.3 Å². The minimum atomic E-state index is -0.000160. The van der Waals surface area contributed by atoms with E-state index in [2.05, 4.69) is 28.3 Å². The molecule has 1 aliphatic heterocycles. The number of nitrogens with one attached hydrogen (secondary N) is 1. The Morgan fingerprint density at radius 1 is 1.22 bits per heavy atom. The molecule has 0 atom stereocenters.